The predicted octanol–water partition coefficient (Wildman–Crippen LogP) is 2.81. The van der Waals surface area contributed by atoms with Crippen molar-refractivity contribution in [3.63, 3.8) is 0 Å². The molecule has 1 N–H and O–H groups in total. The van der Waals surface area contributed by atoms with Gasteiger partial charge in [-0.3, -0.25) is 9.69 Å². The van der Waals surface area contributed by atoms with Gasteiger partial charge in [-0.15, -0.1) is 0 Å². The SMILES string of the molecule is C[C@]1(c2ccccc2)N(c2ccccc2)C(=O)CO[C@]1(C)C(=O)O. The van der Waals surface area contributed by atoms with E-state index in [1.807, 2.05) is 48.5 Å². The fraction of sp³-hybridized carbons (Fsp3) is 0.263. The molecule has 1 aliphatic rings. The number of carbonyl (C=O) groups is 2. The Morgan fingerprint density at radius 1 is 1.04 bits per heavy atom. The van der Waals surface area contributed by atoms with Gasteiger partial charge in [0.15, 0.2) is 5.60 Å². The average molecular weight is 325 g/mol. The Bertz CT molecular complexity index is 761. The van der Waals surface area contributed by atoms with Crippen LogP contribution < -0.4 is 4.90 Å². The van der Waals surface area contributed by atoms with Crippen LogP contribution in [0.4, 0.5) is 5.69 Å². The summed E-state index contributed by atoms with van der Waals surface area (Å²) in [7, 11) is 0. The summed E-state index contributed by atoms with van der Waals surface area (Å²) in [6.07, 6.45) is 0. The Kier molecular flexibility index (Phi) is 3.89. The van der Waals surface area contributed by atoms with Crippen LogP contribution >= 0.6 is 0 Å². The number of carboxylic acids is 1. The van der Waals surface area contributed by atoms with E-state index in [4.69, 9.17) is 4.74 Å². The van der Waals surface area contributed by atoms with Crippen LogP contribution in [0.25, 0.3) is 0 Å². The lowest BCUT2D eigenvalue weighted by molar-refractivity contribution is -0.183. The number of anilines is 1. The summed E-state index contributed by atoms with van der Waals surface area (Å²) < 4.78 is 5.57. The molecule has 0 aromatic heterocycles. The summed E-state index contributed by atoms with van der Waals surface area (Å²) in [6.45, 7) is 2.98. The first kappa shape index (κ1) is 16.2. The number of ether oxygens (including phenoxy) is 1. The van der Waals surface area contributed by atoms with Crippen molar-refractivity contribution in [2.24, 2.45) is 0 Å². The van der Waals surface area contributed by atoms with Gasteiger partial charge >= 0.3 is 5.97 Å². The van der Waals surface area contributed by atoms with Crippen molar-refractivity contribution in [1.82, 2.24) is 0 Å². The van der Waals surface area contributed by atoms with Gasteiger partial charge in [0.25, 0.3) is 5.91 Å². The van der Waals surface area contributed by atoms with Crippen molar-refractivity contribution in [1.29, 1.82) is 0 Å². The largest absolute Gasteiger partial charge is 0.479 e. The van der Waals surface area contributed by atoms with Crippen LogP contribution in [0.3, 0.4) is 0 Å². The average Bonchev–Trinajstić information content (AvgIpc) is 2.60. The highest BCUT2D eigenvalue weighted by atomic mass is 16.5. The number of aliphatic carboxylic acids is 1. The van der Waals surface area contributed by atoms with Gasteiger partial charge < -0.3 is 9.84 Å². The van der Waals surface area contributed by atoms with Crippen molar-refractivity contribution in [3.8, 4) is 0 Å². The van der Waals surface area contributed by atoms with E-state index in [0.717, 1.165) is 0 Å². The summed E-state index contributed by atoms with van der Waals surface area (Å²) in [6, 6.07) is 18.2. The number of nitrogens with zero attached hydrogens (tertiary/aromatic N) is 1. The minimum atomic E-state index is -1.59. The Hall–Kier alpha value is -2.66. The molecule has 1 amide bonds. The number of rotatable bonds is 3. The molecule has 24 heavy (non-hydrogen) atoms. The molecule has 3 rings (SSSR count). The molecule has 5 nitrogen and oxygen atoms in total. The van der Waals surface area contributed by atoms with E-state index >= 15 is 0 Å². The van der Waals surface area contributed by atoms with E-state index in [2.05, 4.69) is 0 Å². The zero-order valence-corrected chi connectivity index (χ0v) is 13.6. The molecule has 1 heterocycles. The number of morpholine rings is 1. The lowest BCUT2D eigenvalue weighted by Crippen LogP contribution is -2.70. The zero-order chi connectivity index (χ0) is 17.4. The molecule has 5 heteroatoms. The zero-order valence-electron chi connectivity index (χ0n) is 13.6. The predicted molar refractivity (Wildman–Crippen MR) is 89.7 cm³/mol. The van der Waals surface area contributed by atoms with Crippen LogP contribution in [-0.4, -0.2) is 29.2 Å². The Morgan fingerprint density at radius 3 is 2.12 bits per heavy atom. The van der Waals surface area contributed by atoms with Crippen LogP contribution in [0, 0.1) is 0 Å². The van der Waals surface area contributed by atoms with Crippen molar-refractivity contribution >= 4 is 17.6 Å². The lowest BCUT2D eigenvalue weighted by Gasteiger charge is -2.53. The maximum absolute atomic E-state index is 12.7. The maximum atomic E-state index is 12.7. The quantitative estimate of drug-likeness (QED) is 0.942. The minimum Gasteiger partial charge on any atom is -0.479 e. The molecule has 2 aromatic carbocycles. The third kappa shape index (κ3) is 2.20. The molecular weight excluding hydrogens is 306 g/mol. The van der Waals surface area contributed by atoms with Crippen molar-refractivity contribution in [2.75, 3.05) is 11.5 Å². The van der Waals surface area contributed by atoms with E-state index < -0.39 is 17.1 Å². The molecule has 0 radical (unpaired) electrons. The first-order valence-corrected chi connectivity index (χ1v) is 7.72. The van der Waals surface area contributed by atoms with E-state index in [1.54, 1.807) is 24.0 Å². The number of hydrogen-bond acceptors (Lipinski definition) is 3. The molecule has 124 valence electrons. The number of para-hydroxylation sites is 1. The van der Waals surface area contributed by atoms with Crippen LogP contribution in [0.15, 0.2) is 60.7 Å². The normalized spacial score (nSPS) is 27.1. The smallest absolute Gasteiger partial charge is 0.338 e. The monoisotopic (exact) mass is 325 g/mol. The third-order valence-corrected chi connectivity index (χ3v) is 4.87. The number of amides is 1. The van der Waals surface area contributed by atoms with Gasteiger partial charge in [0, 0.05) is 5.69 Å². The Balaban J connectivity index is 2.28. The van der Waals surface area contributed by atoms with Gasteiger partial charge in [-0.2, -0.15) is 0 Å². The summed E-state index contributed by atoms with van der Waals surface area (Å²) >= 11 is 0. The standard InChI is InChI=1S/C19H19NO4/c1-18(14-9-5-3-6-10-14)19(2,17(22)23)24-13-16(21)20(18)15-11-7-4-8-12-15/h3-12H,13H2,1-2H3,(H,22,23)/t18-,19-/m1/s1. The fourth-order valence-electron chi connectivity index (χ4n) is 3.29. The molecular formula is C19H19NO4. The van der Waals surface area contributed by atoms with E-state index in [0.29, 0.717) is 11.3 Å². The van der Waals surface area contributed by atoms with Gasteiger partial charge in [0.05, 0.1) is 0 Å². The highest BCUT2D eigenvalue weighted by Crippen LogP contribution is 2.46. The first-order valence-electron chi connectivity index (χ1n) is 7.72. The molecule has 2 aromatic rings. The minimum absolute atomic E-state index is 0.272. The van der Waals surface area contributed by atoms with Crippen LogP contribution in [-0.2, 0) is 19.9 Å². The molecule has 0 aliphatic carbocycles. The van der Waals surface area contributed by atoms with Gasteiger partial charge in [-0.1, -0.05) is 48.5 Å². The Labute approximate surface area is 140 Å². The third-order valence-electron chi connectivity index (χ3n) is 4.87. The summed E-state index contributed by atoms with van der Waals surface area (Å²) in [5, 5.41) is 9.88. The highest BCUT2D eigenvalue weighted by Gasteiger charge is 2.61. The van der Waals surface area contributed by atoms with Crippen LogP contribution in [0.2, 0.25) is 0 Å². The second-order valence-corrected chi connectivity index (χ2v) is 6.13. The topological polar surface area (TPSA) is 66.8 Å². The summed E-state index contributed by atoms with van der Waals surface area (Å²) in [5.41, 5.74) is -1.44. The first-order chi connectivity index (χ1) is 11.4. The number of hydrogen-bond donors (Lipinski definition) is 1. The van der Waals surface area contributed by atoms with E-state index in [-0.39, 0.29) is 12.5 Å². The van der Waals surface area contributed by atoms with Gasteiger partial charge in [0.2, 0.25) is 0 Å². The molecule has 0 spiro atoms. The van der Waals surface area contributed by atoms with Crippen molar-refractivity contribution in [3.05, 3.63) is 66.2 Å². The second-order valence-electron chi connectivity index (χ2n) is 6.13. The fourth-order valence-corrected chi connectivity index (χ4v) is 3.29. The second kappa shape index (κ2) is 5.76. The molecule has 1 fully saturated rings. The maximum Gasteiger partial charge on any atom is 0.338 e. The molecule has 0 unspecified atom stereocenters. The van der Waals surface area contributed by atoms with Crippen LogP contribution in [0.5, 0.6) is 0 Å². The molecule has 1 aliphatic heterocycles. The highest BCUT2D eigenvalue weighted by molar-refractivity contribution is 5.99. The molecule has 0 saturated carbocycles. The summed E-state index contributed by atoms with van der Waals surface area (Å²) in [5.74, 6) is -1.38. The lowest BCUT2D eigenvalue weighted by atomic mass is 9.73. The number of benzene rings is 2. The van der Waals surface area contributed by atoms with Crippen molar-refractivity contribution < 1.29 is 19.4 Å². The van der Waals surface area contributed by atoms with Gasteiger partial charge in [-0.05, 0) is 31.5 Å². The van der Waals surface area contributed by atoms with Crippen molar-refractivity contribution in [2.45, 2.75) is 25.0 Å². The molecule has 1 saturated heterocycles. The van der Waals surface area contributed by atoms with Crippen LogP contribution in [0.1, 0.15) is 19.4 Å². The number of carboxylic acid groups (broad SMARTS) is 1. The molecule has 0 bridgehead atoms. The molecule has 2 atom stereocenters. The number of carbonyl (C=O) groups excluding carboxylic acids is 1. The van der Waals surface area contributed by atoms with E-state index in [1.165, 1.54) is 6.92 Å². The van der Waals surface area contributed by atoms with Gasteiger partial charge in [0.1, 0.15) is 12.1 Å². The van der Waals surface area contributed by atoms with Gasteiger partial charge in [-0.25, -0.2) is 4.79 Å². The summed E-state index contributed by atoms with van der Waals surface area (Å²) in [4.78, 5) is 26.3. The Morgan fingerprint density at radius 2 is 1.58 bits per heavy atom. The van der Waals surface area contributed by atoms with E-state index in [9.17, 15) is 14.7 Å².